The first kappa shape index (κ1) is 22.5. The number of halogens is 1. The maximum Gasteiger partial charge on any atom is 0.324 e. The minimum atomic E-state index is -0.445. The summed E-state index contributed by atoms with van der Waals surface area (Å²) in [4.78, 5) is 32.8. The van der Waals surface area contributed by atoms with Gasteiger partial charge in [-0.3, -0.25) is 15.0 Å². The molecule has 9 heteroatoms. The Bertz CT molecular complexity index is 1360. The van der Waals surface area contributed by atoms with Crippen LogP contribution in [-0.4, -0.2) is 62.0 Å². The van der Waals surface area contributed by atoms with E-state index < -0.39 is 6.04 Å². The molecule has 1 unspecified atom stereocenters. The quantitative estimate of drug-likeness (QED) is 0.410. The highest BCUT2D eigenvalue weighted by Crippen LogP contribution is 2.29. The largest absolute Gasteiger partial charge is 0.324 e. The number of imide groups is 1. The van der Waals surface area contributed by atoms with Gasteiger partial charge in [-0.2, -0.15) is 5.10 Å². The molecule has 2 aliphatic rings. The van der Waals surface area contributed by atoms with Crippen molar-refractivity contribution in [1.29, 1.82) is 0 Å². The summed E-state index contributed by atoms with van der Waals surface area (Å²) in [6.07, 6.45) is 5.76. The Hall–Kier alpha value is -3.30. The summed E-state index contributed by atoms with van der Waals surface area (Å²) in [5.41, 5.74) is 6.71. The molecule has 1 N–H and O–H groups in total. The van der Waals surface area contributed by atoms with Gasteiger partial charge in [0, 0.05) is 31.7 Å². The standard InChI is InChI=1S/C25H25BrN6O2/c1-4-17(11-18-8-6-5-7-15(18)2)19-12-27-32-16(3)22(26)20(28-23(19)32)13-30-9-10-31-21(14-30)24(33)29-25(31)34/h4-8,11-12,21H,1,9-10,13-14H2,2-3H3,(H,29,33,34)/b17-11+. The molecular weight excluding hydrogens is 496 g/mol. The lowest BCUT2D eigenvalue weighted by Gasteiger charge is -2.35. The van der Waals surface area contributed by atoms with Crippen molar-refractivity contribution in [2.45, 2.75) is 26.4 Å². The predicted molar refractivity (Wildman–Crippen MR) is 134 cm³/mol. The van der Waals surface area contributed by atoms with Gasteiger partial charge in [-0.05, 0) is 52.6 Å². The molecule has 174 valence electrons. The van der Waals surface area contributed by atoms with Gasteiger partial charge in [-0.1, -0.05) is 36.9 Å². The summed E-state index contributed by atoms with van der Waals surface area (Å²) in [5.74, 6) is -0.233. The van der Waals surface area contributed by atoms with Crippen LogP contribution >= 0.6 is 15.9 Å². The zero-order valence-corrected chi connectivity index (χ0v) is 20.7. The van der Waals surface area contributed by atoms with Crippen molar-refractivity contribution in [1.82, 2.24) is 29.7 Å². The van der Waals surface area contributed by atoms with E-state index in [4.69, 9.17) is 4.98 Å². The minimum absolute atomic E-state index is 0.233. The molecule has 0 aliphatic carbocycles. The summed E-state index contributed by atoms with van der Waals surface area (Å²) in [7, 11) is 0. The SMILES string of the molecule is C=C/C(=C\c1ccccc1C)c1cnn2c(C)c(Br)c(CN3CCN4C(=O)NC(=O)C4C3)nc12. The number of piperazine rings is 1. The van der Waals surface area contributed by atoms with Crippen molar-refractivity contribution in [3.63, 3.8) is 0 Å². The first-order valence-corrected chi connectivity index (χ1v) is 11.9. The van der Waals surface area contributed by atoms with Crippen LogP contribution in [0.15, 0.2) is 47.6 Å². The molecule has 8 nitrogen and oxygen atoms in total. The van der Waals surface area contributed by atoms with Gasteiger partial charge in [0.1, 0.15) is 6.04 Å². The van der Waals surface area contributed by atoms with E-state index in [1.54, 1.807) is 4.90 Å². The molecule has 0 saturated carbocycles. The van der Waals surface area contributed by atoms with Crippen molar-refractivity contribution in [2.75, 3.05) is 19.6 Å². The number of carbonyl (C=O) groups is 2. The van der Waals surface area contributed by atoms with Crippen molar-refractivity contribution < 1.29 is 9.59 Å². The highest BCUT2D eigenvalue weighted by atomic mass is 79.9. The monoisotopic (exact) mass is 520 g/mol. The van der Waals surface area contributed by atoms with E-state index in [2.05, 4.69) is 63.0 Å². The van der Waals surface area contributed by atoms with Gasteiger partial charge in [0.25, 0.3) is 5.91 Å². The fourth-order valence-electron chi connectivity index (χ4n) is 4.57. The fourth-order valence-corrected chi connectivity index (χ4v) is 4.95. The van der Waals surface area contributed by atoms with E-state index in [0.717, 1.165) is 38.2 Å². The molecule has 2 saturated heterocycles. The molecule has 3 aromatic rings. The van der Waals surface area contributed by atoms with Crippen molar-refractivity contribution >= 4 is 45.2 Å². The number of nitrogens with one attached hydrogen (secondary N) is 1. The van der Waals surface area contributed by atoms with Crippen LogP contribution in [0.4, 0.5) is 4.79 Å². The van der Waals surface area contributed by atoms with E-state index in [0.29, 0.717) is 26.2 Å². The summed E-state index contributed by atoms with van der Waals surface area (Å²) in [6, 6.07) is 7.46. The molecule has 1 atom stereocenters. The summed E-state index contributed by atoms with van der Waals surface area (Å²) < 4.78 is 2.71. The number of carbonyl (C=O) groups excluding carboxylic acids is 2. The highest BCUT2D eigenvalue weighted by Gasteiger charge is 2.42. The number of aromatic nitrogens is 3. The first-order chi connectivity index (χ1) is 16.4. The van der Waals surface area contributed by atoms with Crippen LogP contribution in [0.3, 0.4) is 0 Å². The number of fused-ring (bicyclic) bond motifs is 2. The van der Waals surface area contributed by atoms with E-state index in [-0.39, 0.29) is 11.9 Å². The number of hydrogen-bond acceptors (Lipinski definition) is 5. The average molecular weight is 521 g/mol. The topological polar surface area (TPSA) is 82.8 Å². The predicted octanol–water partition coefficient (Wildman–Crippen LogP) is 3.57. The van der Waals surface area contributed by atoms with Gasteiger partial charge in [0.15, 0.2) is 5.65 Å². The molecule has 2 aromatic heterocycles. The lowest BCUT2D eigenvalue weighted by atomic mass is 10.0. The Morgan fingerprint density at radius 2 is 2.06 bits per heavy atom. The van der Waals surface area contributed by atoms with Crippen molar-refractivity contribution in [3.8, 4) is 0 Å². The van der Waals surface area contributed by atoms with Gasteiger partial charge in [-0.25, -0.2) is 14.3 Å². The Morgan fingerprint density at radius 1 is 1.26 bits per heavy atom. The van der Waals surface area contributed by atoms with Crippen LogP contribution in [0, 0.1) is 13.8 Å². The van der Waals surface area contributed by atoms with Gasteiger partial charge < -0.3 is 4.90 Å². The Balaban J connectivity index is 1.50. The normalized spacial score (nSPS) is 19.0. The zero-order chi connectivity index (χ0) is 24.0. The van der Waals surface area contributed by atoms with Crippen LogP contribution in [0.5, 0.6) is 0 Å². The Morgan fingerprint density at radius 3 is 2.82 bits per heavy atom. The molecule has 34 heavy (non-hydrogen) atoms. The van der Waals surface area contributed by atoms with Gasteiger partial charge in [-0.15, -0.1) is 0 Å². The number of benzene rings is 1. The van der Waals surface area contributed by atoms with Gasteiger partial charge in [0.05, 0.1) is 22.1 Å². The second-order valence-electron chi connectivity index (χ2n) is 8.65. The lowest BCUT2D eigenvalue weighted by molar-refractivity contribution is -0.122. The van der Waals surface area contributed by atoms with Gasteiger partial charge >= 0.3 is 6.03 Å². The average Bonchev–Trinajstić information content (AvgIpc) is 3.37. The lowest BCUT2D eigenvalue weighted by Crippen LogP contribution is -2.52. The van der Waals surface area contributed by atoms with Crippen LogP contribution in [0.1, 0.15) is 28.1 Å². The molecule has 0 radical (unpaired) electrons. The van der Waals surface area contributed by atoms with Crippen LogP contribution in [0.25, 0.3) is 17.3 Å². The maximum atomic E-state index is 12.2. The number of rotatable bonds is 5. The van der Waals surface area contributed by atoms with Crippen molar-refractivity contribution in [2.24, 2.45) is 0 Å². The number of allylic oxidation sites excluding steroid dienone is 2. The van der Waals surface area contributed by atoms with E-state index in [1.165, 1.54) is 5.56 Å². The molecule has 4 heterocycles. The summed E-state index contributed by atoms with van der Waals surface area (Å²) in [6.45, 7) is 10.3. The number of amides is 3. The van der Waals surface area contributed by atoms with Crippen LogP contribution < -0.4 is 5.32 Å². The molecule has 0 spiro atoms. The van der Waals surface area contributed by atoms with Crippen molar-refractivity contribution in [3.05, 3.63) is 75.7 Å². The zero-order valence-electron chi connectivity index (χ0n) is 19.1. The second-order valence-corrected chi connectivity index (χ2v) is 9.44. The molecular formula is C25H25BrN6O2. The first-order valence-electron chi connectivity index (χ1n) is 11.1. The summed E-state index contributed by atoms with van der Waals surface area (Å²) >= 11 is 3.70. The van der Waals surface area contributed by atoms with Gasteiger partial charge in [0.2, 0.25) is 0 Å². The minimum Gasteiger partial charge on any atom is -0.310 e. The van der Waals surface area contributed by atoms with Crippen LogP contribution in [0.2, 0.25) is 0 Å². The Labute approximate surface area is 206 Å². The highest BCUT2D eigenvalue weighted by molar-refractivity contribution is 9.10. The van der Waals surface area contributed by atoms with E-state index in [1.807, 2.05) is 35.8 Å². The number of nitrogens with zero attached hydrogens (tertiary/aromatic N) is 5. The third-order valence-corrected chi connectivity index (χ3v) is 7.57. The molecule has 5 rings (SSSR count). The molecule has 1 aromatic carbocycles. The second kappa shape index (κ2) is 8.81. The molecule has 2 fully saturated rings. The molecule has 0 bridgehead atoms. The third kappa shape index (κ3) is 3.84. The maximum absolute atomic E-state index is 12.2. The smallest absolute Gasteiger partial charge is 0.310 e. The number of hydrogen-bond donors (Lipinski definition) is 1. The van der Waals surface area contributed by atoms with E-state index in [9.17, 15) is 9.59 Å². The Kier molecular flexibility index (Phi) is 5.83. The number of urea groups is 1. The summed E-state index contributed by atoms with van der Waals surface area (Å²) in [5, 5.41) is 6.99. The van der Waals surface area contributed by atoms with Crippen LogP contribution in [-0.2, 0) is 11.3 Å². The van der Waals surface area contributed by atoms with E-state index >= 15 is 0 Å². The molecule has 2 aliphatic heterocycles. The number of aryl methyl sites for hydroxylation is 2. The molecule has 3 amide bonds. The third-order valence-electron chi connectivity index (χ3n) is 6.54. The fraction of sp³-hybridized carbons (Fsp3) is 0.280.